The SMILES string of the molecule is Nc1cc(-c2cn[nH]c2C2CCCCN2C(=O)CCOc2ccccc2)ccn1. The van der Waals surface area contributed by atoms with E-state index in [-0.39, 0.29) is 11.9 Å². The molecule has 3 aromatic rings. The van der Waals surface area contributed by atoms with Crippen LogP contribution in [0.2, 0.25) is 0 Å². The number of aromatic amines is 1. The van der Waals surface area contributed by atoms with Gasteiger partial charge in [0, 0.05) is 18.3 Å². The molecule has 1 fully saturated rings. The average Bonchev–Trinajstić information content (AvgIpc) is 3.24. The van der Waals surface area contributed by atoms with Gasteiger partial charge in [-0.25, -0.2) is 4.98 Å². The predicted molar refractivity (Wildman–Crippen MR) is 111 cm³/mol. The Labute approximate surface area is 169 Å². The van der Waals surface area contributed by atoms with Gasteiger partial charge in [-0.05, 0) is 49.1 Å². The van der Waals surface area contributed by atoms with E-state index in [1.165, 1.54) is 0 Å². The average molecular weight is 391 g/mol. The van der Waals surface area contributed by atoms with Crippen LogP contribution in [0.15, 0.2) is 54.9 Å². The fourth-order valence-electron chi connectivity index (χ4n) is 3.84. The number of rotatable bonds is 6. The molecule has 1 saturated heterocycles. The lowest BCUT2D eigenvalue weighted by Gasteiger charge is -2.35. The Hall–Kier alpha value is -3.35. The molecule has 3 heterocycles. The summed E-state index contributed by atoms with van der Waals surface area (Å²) in [5, 5.41) is 7.37. The number of piperidine rings is 1. The van der Waals surface area contributed by atoms with E-state index in [0.29, 0.717) is 18.8 Å². The summed E-state index contributed by atoms with van der Waals surface area (Å²) in [5.74, 6) is 1.34. The van der Waals surface area contributed by atoms with Crippen LogP contribution in [0.4, 0.5) is 5.82 Å². The van der Waals surface area contributed by atoms with E-state index in [0.717, 1.165) is 48.4 Å². The molecule has 1 aliphatic rings. The number of likely N-dealkylation sites (tertiary alicyclic amines) is 1. The lowest BCUT2D eigenvalue weighted by Crippen LogP contribution is -2.39. The van der Waals surface area contributed by atoms with Gasteiger partial charge in [-0.3, -0.25) is 9.89 Å². The van der Waals surface area contributed by atoms with E-state index < -0.39 is 0 Å². The number of aromatic nitrogens is 3. The maximum atomic E-state index is 13.0. The number of carbonyl (C=O) groups is 1. The van der Waals surface area contributed by atoms with Gasteiger partial charge in [0.15, 0.2) is 0 Å². The number of benzene rings is 1. The monoisotopic (exact) mass is 391 g/mol. The minimum absolute atomic E-state index is 0.0279. The molecule has 3 N–H and O–H groups in total. The summed E-state index contributed by atoms with van der Waals surface area (Å²) in [5.41, 5.74) is 8.72. The van der Waals surface area contributed by atoms with E-state index in [1.54, 1.807) is 12.4 Å². The molecule has 150 valence electrons. The van der Waals surface area contributed by atoms with E-state index in [2.05, 4.69) is 15.2 Å². The zero-order valence-electron chi connectivity index (χ0n) is 16.3. The maximum Gasteiger partial charge on any atom is 0.226 e. The van der Waals surface area contributed by atoms with Crippen molar-refractivity contribution in [2.45, 2.75) is 31.7 Å². The lowest BCUT2D eigenvalue weighted by atomic mass is 9.94. The largest absolute Gasteiger partial charge is 0.493 e. The first kappa shape index (κ1) is 19.0. The molecule has 29 heavy (non-hydrogen) atoms. The number of H-pyrrole nitrogens is 1. The van der Waals surface area contributed by atoms with Gasteiger partial charge in [0.2, 0.25) is 5.91 Å². The molecule has 0 spiro atoms. The standard InChI is InChI=1S/C22H25N5O2/c23-20-14-16(9-11-24-20)18-15-25-26-22(18)19-8-4-5-12-27(19)21(28)10-13-29-17-6-2-1-3-7-17/h1-3,6-7,9,11,14-15,19H,4-5,8,10,12-13H2,(H2,23,24)(H,25,26). The van der Waals surface area contributed by atoms with E-state index in [1.807, 2.05) is 47.4 Å². The topological polar surface area (TPSA) is 97.1 Å². The summed E-state index contributed by atoms with van der Waals surface area (Å²) in [6.45, 7) is 1.11. The lowest BCUT2D eigenvalue weighted by molar-refractivity contribution is -0.135. The minimum atomic E-state index is -0.0279. The first-order valence-corrected chi connectivity index (χ1v) is 9.95. The second kappa shape index (κ2) is 8.77. The van der Waals surface area contributed by atoms with Crippen LogP contribution in [0.1, 0.15) is 37.4 Å². The van der Waals surface area contributed by atoms with Crippen molar-refractivity contribution >= 4 is 11.7 Å². The number of para-hydroxylation sites is 1. The third-order valence-corrected chi connectivity index (χ3v) is 5.25. The molecule has 0 radical (unpaired) electrons. The fraction of sp³-hybridized carbons (Fsp3) is 0.318. The molecule has 1 atom stereocenters. The molecule has 1 aromatic carbocycles. The number of hydrogen-bond donors (Lipinski definition) is 2. The van der Waals surface area contributed by atoms with Crippen molar-refractivity contribution < 1.29 is 9.53 Å². The summed E-state index contributed by atoms with van der Waals surface area (Å²) in [4.78, 5) is 19.0. The molecule has 4 rings (SSSR count). The van der Waals surface area contributed by atoms with Gasteiger partial charge in [-0.15, -0.1) is 0 Å². The van der Waals surface area contributed by atoms with Crippen molar-refractivity contribution in [3.8, 4) is 16.9 Å². The van der Waals surface area contributed by atoms with Crippen molar-refractivity contribution in [2.75, 3.05) is 18.9 Å². The number of pyridine rings is 1. The Morgan fingerprint density at radius 2 is 2.10 bits per heavy atom. The summed E-state index contributed by atoms with van der Waals surface area (Å²) in [6.07, 6.45) is 6.81. The van der Waals surface area contributed by atoms with Crippen molar-refractivity contribution in [1.82, 2.24) is 20.1 Å². The van der Waals surface area contributed by atoms with Gasteiger partial charge in [0.05, 0.1) is 31.0 Å². The predicted octanol–water partition coefficient (Wildman–Crippen LogP) is 3.58. The van der Waals surface area contributed by atoms with Gasteiger partial charge < -0.3 is 15.4 Å². The first-order valence-electron chi connectivity index (χ1n) is 9.95. The van der Waals surface area contributed by atoms with Crippen molar-refractivity contribution in [3.05, 3.63) is 60.6 Å². The number of nitrogens with one attached hydrogen (secondary N) is 1. The van der Waals surface area contributed by atoms with E-state index >= 15 is 0 Å². The number of anilines is 1. The fourth-order valence-corrected chi connectivity index (χ4v) is 3.84. The van der Waals surface area contributed by atoms with Crippen LogP contribution >= 0.6 is 0 Å². The molecule has 0 aliphatic carbocycles. The highest BCUT2D eigenvalue weighted by molar-refractivity contribution is 5.77. The smallest absolute Gasteiger partial charge is 0.226 e. The quantitative estimate of drug-likeness (QED) is 0.669. The van der Waals surface area contributed by atoms with Crippen LogP contribution in [-0.4, -0.2) is 39.1 Å². The Morgan fingerprint density at radius 1 is 1.24 bits per heavy atom. The molecule has 0 saturated carbocycles. The molecule has 7 nitrogen and oxygen atoms in total. The molecule has 1 unspecified atom stereocenters. The number of ether oxygens (including phenoxy) is 1. The number of carbonyl (C=O) groups excluding carboxylic acids is 1. The highest BCUT2D eigenvalue weighted by Gasteiger charge is 2.30. The normalized spacial score (nSPS) is 16.6. The number of hydrogen-bond acceptors (Lipinski definition) is 5. The molecule has 1 aliphatic heterocycles. The van der Waals surface area contributed by atoms with Gasteiger partial charge in [0.1, 0.15) is 11.6 Å². The third-order valence-electron chi connectivity index (χ3n) is 5.25. The van der Waals surface area contributed by atoms with Crippen LogP contribution < -0.4 is 10.5 Å². The second-order valence-corrected chi connectivity index (χ2v) is 7.18. The van der Waals surface area contributed by atoms with E-state index in [9.17, 15) is 4.79 Å². The van der Waals surface area contributed by atoms with Crippen LogP contribution in [0.25, 0.3) is 11.1 Å². The Morgan fingerprint density at radius 3 is 2.93 bits per heavy atom. The van der Waals surface area contributed by atoms with Gasteiger partial charge in [-0.2, -0.15) is 5.10 Å². The molecule has 2 aromatic heterocycles. The Balaban J connectivity index is 1.48. The molecule has 7 heteroatoms. The number of nitrogen functional groups attached to an aromatic ring is 1. The summed E-state index contributed by atoms with van der Waals surface area (Å²) in [6, 6.07) is 13.3. The molecular formula is C22H25N5O2. The summed E-state index contributed by atoms with van der Waals surface area (Å²) < 4.78 is 5.71. The molecule has 0 bridgehead atoms. The van der Waals surface area contributed by atoms with Gasteiger partial charge in [0.25, 0.3) is 0 Å². The zero-order valence-corrected chi connectivity index (χ0v) is 16.3. The minimum Gasteiger partial charge on any atom is -0.493 e. The number of nitrogens with two attached hydrogens (primary N) is 1. The highest BCUT2D eigenvalue weighted by atomic mass is 16.5. The highest BCUT2D eigenvalue weighted by Crippen LogP contribution is 2.36. The van der Waals surface area contributed by atoms with Crippen molar-refractivity contribution in [2.24, 2.45) is 0 Å². The third kappa shape index (κ3) is 4.39. The van der Waals surface area contributed by atoms with Gasteiger partial charge in [-0.1, -0.05) is 18.2 Å². The van der Waals surface area contributed by atoms with Crippen molar-refractivity contribution in [3.63, 3.8) is 0 Å². The number of amides is 1. The van der Waals surface area contributed by atoms with Crippen LogP contribution in [0, 0.1) is 0 Å². The maximum absolute atomic E-state index is 13.0. The molecular weight excluding hydrogens is 366 g/mol. The van der Waals surface area contributed by atoms with Crippen LogP contribution in [-0.2, 0) is 4.79 Å². The number of nitrogens with zero attached hydrogens (tertiary/aromatic N) is 3. The van der Waals surface area contributed by atoms with Gasteiger partial charge >= 0.3 is 0 Å². The Kier molecular flexibility index (Phi) is 5.74. The summed E-state index contributed by atoms with van der Waals surface area (Å²) >= 11 is 0. The summed E-state index contributed by atoms with van der Waals surface area (Å²) in [7, 11) is 0. The van der Waals surface area contributed by atoms with Crippen LogP contribution in [0.5, 0.6) is 5.75 Å². The van der Waals surface area contributed by atoms with Crippen molar-refractivity contribution in [1.29, 1.82) is 0 Å². The Bertz CT molecular complexity index is 957. The van der Waals surface area contributed by atoms with Crippen LogP contribution in [0.3, 0.4) is 0 Å². The molecule has 1 amide bonds. The zero-order chi connectivity index (χ0) is 20.1. The first-order chi connectivity index (χ1) is 14.2. The second-order valence-electron chi connectivity index (χ2n) is 7.18. The van der Waals surface area contributed by atoms with E-state index in [4.69, 9.17) is 10.5 Å².